The number of thiol groups is 1. The zero-order valence-corrected chi connectivity index (χ0v) is 15.3. The molecule has 1 atom stereocenters. The minimum absolute atomic E-state index is 0.520. The molecule has 0 aromatic heterocycles. The lowest BCUT2D eigenvalue weighted by Crippen LogP contribution is -2.39. The van der Waals surface area contributed by atoms with E-state index in [0.717, 1.165) is 17.8 Å². The molecule has 0 saturated carbocycles. The maximum Gasteiger partial charge on any atom is 0.0116 e. The second-order valence-electron chi connectivity index (χ2n) is 7.97. The van der Waals surface area contributed by atoms with Crippen molar-refractivity contribution in [2.75, 3.05) is 39.3 Å². The quantitative estimate of drug-likeness (QED) is 0.746. The van der Waals surface area contributed by atoms with Gasteiger partial charge in [0.2, 0.25) is 0 Å². The molecule has 0 aromatic rings. The predicted molar refractivity (Wildman–Crippen MR) is 96.2 cm³/mol. The molecule has 2 fully saturated rings. The fraction of sp³-hybridized carbons (Fsp3) is 1.00. The molecule has 3 heteroatoms. The average Bonchev–Trinajstić information content (AvgIpc) is 2.42. The highest BCUT2D eigenvalue weighted by molar-refractivity contribution is 7.80. The molecule has 124 valence electrons. The fourth-order valence-corrected chi connectivity index (χ4v) is 4.40. The summed E-state index contributed by atoms with van der Waals surface area (Å²) in [6, 6.07) is 0. The Hall–Kier alpha value is 0.270. The van der Waals surface area contributed by atoms with E-state index >= 15 is 0 Å². The summed E-state index contributed by atoms with van der Waals surface area (Å²) in [5, 5.41) is 0.520. The maximum absolute atomic E-state index is 4.52. The van der Waals surface area contributed by atoms with Gasteiger partial charge in [-0.1, -0.05) is 20.8 Å². The van der Waals surface area contributed by atoms with Crippen molar-refractivity contribution in [1.82, 2.24) is 9.80 Å². The second-order valence-corrected chi connectivity index (χ2v) is 8.85. The lowest BCUT2D eigenvalue weighted by Gasteiger charge is -2.37. The van der Waals surface area contributed by atoms with Crippen molar-refractivity contribution in [2.24, 2.45) is 17.8 Å². The number of hydrogen-bond acceptors (Lipinski definition) is 3. The van der Waals surface area contributed by atoms with Gasteiger partial charge in [-0.25, -0.2) is 0 Å². The molecule has 1 unspecified atom stereocenters. The smallest absolute Gasteiger partial charge is 0.0116 e. The second kappa shape index (κ2) is 8.79. The highest BCUT2D eigenvalue weighted by Crippen LogP contribution is 2.30. The van der Waals surface area contributed by atoms with E-state index < -0.39 is 0 Å². The van der Waals surface area contributed by atoms with Gasteiger partial charge in [-0.2, -0.15) is 12.6 Å². The lowest BCUT2D eigenvalue weighted by molar-refractivity contribution is 0.127. The first-order chi connectivity index (χ1) is 10.0. The van der Waals surface area contributed by atoms with Gasteiger partial charge < -0.3 is 9.80 Å². The number of likely N-dealkylation sites (tertiary alicyclic amines) is 2. The van der Waals surface area contributed by atoms with Gasteiger partial charge in [-0.3, -0.25) is 0 Å². The first kappa shape index (κ1) is 17.6. The van der Waals surface area contributed by atoms with Crippen LogP contribution in [0, 0.1) is 17.8 Å². The van der Waals surface area contributed by atoms with Gasteiger partial charge in [0.1, 0.15) is 0 Å². The van der Waals surface area contributed by atoms with E-state index in [4.69, 9.17) is 0 Å². The van der Waals surface area contributed by atoms with Gasteiger partial charge in [-0.05, 0) is 76.0 Å². The van der Waals surface area contributed by atoms with Crippen LogP contribution in [0.25, 0.3) is 0 Å². The molecular weight excluding hydrogens is 276 g/mol. The fourth-order valence-electron chi connectivity index (χ4n) is 4.17. The van der Waals surface area contributed by atoms with Crippen LogP contribution in [0.15, 0.2) is 0 Å². The van der Waals surface area contributed by atoms with Crippen molar-refractivity contribution < 1.29 is 0 Å². The van der Waals surface area contributed by atoms with Crippen LogP contribution in [-0.4, -0.2) is 54.3 Å². The molecule has 2 aliphatic heterocycles. The van der Waals surface area contributed by atoms with Crippen LogP contribution in [0.2, 0.25) is 0 Å². The Morgan fingerprint density at radius 1 is 0.810 bits per heavy atom. The summed E-state index contributed by atoms with van der Waals surface area (Å²) in [5.41, 5.74) is 0. The van der Waals surface area contributed by atoms with Gasteiger partial charge in [0, 0.05) is 18.3 Å². The van der Waals surface area contributed by atoms with E-state index in [-0.39, 0.29) is 0 Å². The summed E-state index contributed by atoms with van der Waals surface area (Å²) >= 11 is 4.52. The first-order valence-corrected chi connectivity index (χ1v) is 9.67. The summed E-state index contributed by atoms with van der Waals surface area (Å²) in [5.74, 6) is 2.83. The molecule has 2 nitrogen and oxygen atoms in total. The topological polar surface area (TPSA) is 6.48 Å². The highest BCUT2D eigenvalue weighted by Gasteiger charge is 2.25. The summed E-state index contributed by atoms with van der Waals surface area (Å²) in [6.45, 7) is 14.7. The van der Waals surface area contributed by atoms with Crippen LogP contribution in [0.5, 0.6) is 0 Å². The Labute approximate surface area is 138 Å². The minimum atomic E-state index is 0.520. The summed E-state index contributed by atoms with van der Waals surface area (Å²) in [7, 11) is 0. The van der Waals surface area contributed by atoms with Crippen LogP contribution >= 0.6 is 12.6 Å². The van der Waals surface area contributed by atoms with E-state index in [1.807, 2.05) is 0 Å². The van der Waals surface area contributed by atoms with Crippen molar-refractivity contribution in [2.45, 2.75) is 58.1 Å². The molecule has 0 aromatic carbocycles. The van der Waals surface area contributed by atoms with E-state index in [9.17, 15) is 0 Å². The Morgan fingerprint density at radius 2 is 1.24 bits per heavy atom. The van der Waals surface area contributed by atoms with Gasteiger partial charge in [-0.15, -0.1) is 0 Å². The Bertz CT molecular complexity index is 249. The standard InChI is InChI=1S/C18H36N2S/c1-15(2)13-19-8-4-17(5-9-19)12-18-6-10-20(11-7-18)14-16(3)21/h15-18,21H,4-14H2,1-3H3. The minimum Gasteiger partial charge on any atom is -0.303 e. The summed E-state index contributed by atoms with van der Waals surface area (Å²) in [4.78, 5) is 5.29. The maximum atomic E-state index is 4.52. The molecule has 2 saturated heterocycles. The summed E-state index contributed by atoms with van der Waals surface area (Å²) in [6.07, 6.45) is 7.24. The van der Waals surface area contributed by atoms with E-state index in [1.165, 1.54) is 71.4 Å². The van der Waals surface area contributed by atoms with Crippen LogP contribution < -0.4 is 0 Å². The molecule has 0 N–H and O–H groups in total. The molecule has 2 rings (SSSR count). The summed E-state index contributed by atoms with van der Waals surface area (Å²) < 4.78 is 0. The van der Waals surface area contributed by atoms with Crippen molar-refractivity contribution in [3.8, 4) is 0 Å². The lowest BCUT2D eigenvalue weighted by atomic mass is 9.82. The van der Waals surface area contributed by atoms with Crippen molar-refractivity contribution in [3.05, 3.63) is 0 Å². The Balaban J connectivity index is 1.61. The molecule has 0 radical (unpaired) electrons. The Kier molecular flexibility index (Phi) is 7.37. The van der Waals surface area contributed by atoms with Gasteiger partial charge in [0.15, 0.2) is 0 Å². The van der Waals surface area contributed by atoms with E-state index in [2.05, 4.69) is 43.2 Å². The van der Waals surface area contributed by atoms with Crippen LogP contribution in [0.4, 0.5) is 0 Å². The third-order valence-corrected chi connectivity index (χ3v) is 5.39. The molecule has 21 heavy (non-hydrogen) atoms. The molecule has 0 aliphatic carbocycles. The normalized spacial score (nSPS) is 25.6. The largest absolute Gasteiger partial charge is 0.303 e. The van der Waals surface area contributed by atoms with Crippen molar-refractivity contribution in [3.63, 3.8) is 0 Å². The zero-order valence-electron chi connectivity index (χ0n) is 14.4. The van der Waals surface area contributed by atoms with Crippen molar-refractivity contribution >= 4 is 12.6 Å². The SMILES string of the molecule is CC(C)CN1CCC(CC2CCN(CC(C)S)CC2)CC1. The van der Waals surface area contributed by atoms with Crippen LogP contribution in [0.3, 0.4) is 0 Å². The molecule has 2 aliphatic rings. The number of piperidine rings is 2. The first-order valence-electron chi connectivity index (χ1n) is 9.15. The van der Waals surface area contributed by atoms with E-state index in [0.29, 0.717) is 5.25 Å². The molecule has 0 bridgehead atoms. The van der Waals surface area contributed by atoms with Crippen molar-refractivity contribution in [1.29, 1.82) is 0 Å². The van der Waals surface area contributed by atoms with Gasteiger partial charge >= 0.3 is 0 Å². The van der Waals surface area contributed by atoms with Gasteiger partial charge in [0.05, 0.1) is 0 Å². The van der Waals surface area contributed by atoms with Crippen LogP contribution in [-0.2, 0) is 0 Å². The third-order valence-electron chi connectivity index (χ3n) is 5.23. The number of nitrogens with zero attached hydrogens (tertiary/aromatic N) is 2. The zero-order chi connectivity index (χ0) is 15.2. The Morgan fingerprint density at radius 3 is 1.62 bits per heavy atom. The third kappa shape index (κ3) is 6.50. The van der Waals surface area contributed by atoms with Crippen LogP contribution in [0.1, 0.15) is 52.9 Å². The average molecular weight is 313 g/mol. The number of hydrogen-bond donors (Lipinski definition) is 1. The molecular formula is C18H36N2S. The van der Waals surface area contributed by atoms with Gasteiger partial charge in [0.25, 0.3) is 0 Å². The highest BCUT2D eigenvalue weighted by atomic mass is 32.1. The predicted octanol–water partition coefficient (Wildman–Crippen LogP) is 3.77. The monoisotopic (exact) mass is 312 g/mol. The van der Waals surface area contributed by atoms with E-state index in [1.54, 1.807) is 0 Å². The number of rotatable bonds is 6. The molecule has 0 spiro atoms. The molecule has 2 heterocycles. The molecule has 0 amide bonds.